The molecule has 0 atom stereocenters. The molecule has 0 bridgehead atoms. The fourth-order valence-corrected chi connectivity index (χ4v) is 3.01. The molecule has 0 amide bonds. The SMILES string of the molecule is COc1ccc(N=Nc2ccc(N3Cc4ccccc4C3)cc2)cc1. The average Bonchev–Trinajstić information content (AvgIpc) is 3.11. The van der Waals surface area contributed by atoms with Crippen molar-refractivity contribution in [2.75, 3.05) is 12.0 Å². The molecule has 1 aliphatic rings. The van der Waals surface area contributed by atoms with Gasteiger partial charge < -0.3 is 9.64 Å². The minimum atomic E-state index is 0.805. The molecule has 25 heavy (non-hydrogen) atoms. The molecule has 4 rings (SSSR count). The number of fused-ring (bicyclic) bond motifs is 1. The van der Waals surface area contributed by atoms with Crippen LogP contribution in [0.5, 0.6) is 5.75 Å². The van der Waals surface area contributed by atoms with Crippen LogP contribution in [0.3, 0.4) is 0 Å². The Morgan fingerprint density at radius 2 is 1.24 bits per heavy atom. The Balaban J connectivity index is 1.44. The van der Waals surface area contributed by atoms with E-state index in [2.05, 4.69) is 51.5 Å². The zero-order chi connectivity index (χ0) is 17.1. The van der Waals surface area contributed by atoms with Gasteiger partial charge >= 0.3 is 0 Å². The number of rotatable bonds is 4. The summed E-state index contributed by atoms with van der Waals surface area (Å²) in [5, 5.41) is 8.57. The molecule has 3 aromatic carbocycles. The van der Waals surface area contributed by atoms with E-state index in [1.165, 1.54) is 16.8 Å². The monoisotopic (exact) mass is 329 g/mol. The highest BCUT2D eigenvalue weighted by molar-refractivity contribution is 5.56. The number of anilines is 1. The molecule has 0 saturated heterocycles. The zero-order valence-corrected chi connectivity index (χ0v) is 14.1. The number of methoxy groups -OCH3 is 1. The number of ether oxygens (including phenoxy) is 1. The Morgan fingerprint density at radius 1 is 0.720 bits per heavy atom. The van der Waals surface area contributed by atoms with Crippen molar-refractivity contribution in [2.24, 2.45) is 10.2 Å². The largest absolute Gasteiger partial charge is 0.497 e. The van der Waals surface area contributed by atoms with Gasteiger partial charge in [0.15, 0.2) is 0 Å². The number of hydrogen-bond acceptors (Lipinski definition) is 4. The maximum Gasteiger partial charge on any atom is 0.119 e. The molecular weight excluding hydrogens is 310 g/mol. The summed E-state index contributed by atoms with van der Waals surface area (Å²) in [6, 6.07) is 24.4. The molecule has 0 radical (unpaired) electrons. The van der Waals surface area contributed by atoms with Gasteiger partial charge in [-0.05, 0) is 59.7 Å². The predicted octanol–water partition coefficient (Wildman–Crippen LogP) is 5.63. The predicted molar refractivity (Wildman–Crippen MR) is 99.9 cm³/mol. The third-order valence-corrected chi connectivity index (χ3v) is 4.41. The second kappa shape index (κ2) is 6.77. The van der Waals surface area contributed by atoms with Crippen molar-refractivity contribution in [2.45, 2.75) is 13.1 Å². The van der Waals surface area contributed by atoms with E-state index in [4.69, 9.17) is 4.74 Å². The Labute approximate surface area is 147 Å². The molecule has 0 aromatic heterocycles. The molecule has 0 aliphatic carbocycles. The van der Waals surface area contributed by atoms with Crippen LogP contribution in [0, 0.1) is 0 Å². The van der Waals surface area contributed by atoms with Crippen LogP contribution in [0.4, 0.5) is 17.1 Å². The Morgan fingerprint density at radius 3 is 1.76 bits per heavy atom. The number of nitrogens with zero attached hydrogens (tertiary/aromatic N) is 3. The fourth-order valence-electron chi connectivity index (χ4n) is 3.01. The molecular formula is C21H19N3O. The highest BCUT2D eigenvalue weighted by atomic mass is 16.5. The van der Waals surface area contributed by atoms with Crippen molar-refractivity contribution in [3.8, 4) is 5.75 Å². The number of benzene rings is 3. The van der Waals surface area contributed by atoms with Crippen molar-refractivity contribution in [3.05, 3.63) is 83.9 Å². The van der Waals surface area contributed by atoms with Crippen molar-refractivity contribution >= 4 is 17.1 Å². The first kappa shape index (κ1) is 15.4. The first-order valence-electron chi connectivity index (χ1n) is 8.29. The summed E-state index contributed by atoms with van der Waals surface area (Å²) in [5.41, 5.74) is 5.67. The lowest BCUT2D eigenvalue weighted by Gasteiger charge is -2.17. The molecule has 0 unspecified atom stereocenters. The van der Waals surface area contributed by atoms with Crippen LogP contribution in [0.15, 0.2) is 83.0 Å². The van der Waals surface area contributed by atoms with Gasteiger partial charge in [-0.3, -0.25) is 0 Å². The van der Waals surface area contributed by atoms with Crippen molar-refractivity contribution in [3.63, 3.8) is 0 Å². The lowest BCUT2D eigenvalue weighted by molar-refractivity contribution is 0.415. The standard InChI is InChI=1S/C21H19N3O/c1-25-21-12-8-19(9-13-21)23-22-18-6-10-20(11-7-18)24-14-16-4-2-3-5-17(16)15-24/h2-13H,14-15H2,1H3. The van der Waals surface area contributed by atoms with Gasteiger partial charge in [0.25, 0.3) is 0 Å². The maximum atomic E-state index is 5.14. The first-order chi connectivity index (χ1) is 12.3. The summed E-state index contributed by atoms with van der Waals surface area (Å²) in [6.45, 7) is 1.92. The van der Waals surface area contributed by atoms with Crippen LogP contribution in [0.2, 0.25) is 0 Å². The van der Waals surface area contributed by atoms with E-state index in [0.717, 1.165) is 30.2 Å². The molecule has 3 aromatic rings. The fraction of sp³-hybridized carbons (Fsp3) is 0.143. The van der Waals surface area contributed by atoms with Crippen LogP contribution >= 0.6 is 0 Å². The van der Waals surface area contributed by atoms with Crippen LogP contribution in [-0.2, 0) is 13.1 Å². The Hall–Kier alpha value is -3.14. The number of hydrogen-bond donors (Lipinski definition) is 0. The van der Waals surface area contributed by atoms with E-state index in [-0.39, 0.29) is 0 Å². The molecule has 0 N–H and O–H groups in total. The summed E-state index contributed by atoms with van der Waals surface area (Å²) >= 11 is 0. The summed E-state index contributed by atoms with van der Waals surface area (Å²) in [6.07, 6.45) is 0. The normalized spacial score (nSPS) is 13.2. The minimum absolute atomic E-state index is 0.805. The van der Waals surface area contributed by atoms with Gasteiger partial charge in [0, 0.05) is 18.8 Å². The zero-order valence-electron chi connectivity index (χ0n) is 14.1. The smallest absolute Gasteiger partial charge is 0.119 e. The van der Waals surface area contributed by atoms with Crippen LogP contribution in [-0.4, -0.2) is 7.11 Å². The number of azo groups is 1. The van der Waals surface area contributed by atoms with Gasteiger partial charge in [0.2, 0.25) is 0 Å². The third kappa shape index (κ3) is 3.38. The van der Waals surface area contributed by atoms with E-state index < -0.39 is 0 Å². The quantitative estimate of drug-likeness (QED) is 0.582. The van der Waals surface area contributed by atoms with Crippen molar-refractivity contribution in [1.29, 1.82) is 0 Å². The molecule has 1 heterocycles. The minimum Gasteiger partial charge on any atom is -0.497 e. The van der Waals surface area contributed by atoms with Crippen LogP contribution in [0.1, 0.15) is 11.1 Å². The van der Waals surface area contributed by atoms with Gasteiger partial charge in [-0.25, -0.2) is 0 Å². The van der Waals surface area contributed by atoms with Crippen LogP contribution in [0.25, 0.3) is 0 Å². The molecule has 0 saturated carbocycles. The highest BCUT2D eigenvalue weighted by Crippen LogP contribution is 2.29. The second-order valence-electron chi connectivity index (χ2n) is 6.04. The van der Waals surface area contributed by atoms with Gasteiger partial charge in [0.1, 0.15) is 5.75 Å². The maximum absolute atomic E-state index is 5.14. The Kier molecular flexibility index (Phi) is 4.17. The second-order valence-corrected chi connectivity index (χ2v) is 6.04. The third-order valence-electron chi connectivity index (χ3n) is 4.41. The van der Waals surface area contributed by atoms with Crippen molar-refractivity contribution in [1.82, 2.24) is 0 Å². The highest BCUT2D eigenvalue weighted by Gasteiger charge is 2.18. The molecule has 4 heteroatoms. The average molecular weight is 329 g/mol. The molecule has 0 fully saturated rings. The topological polar surface area (TPSA) is 37.2 Å². The van der Waals surface area contributed by atoms with Gasteiger partial charge in [-0.15, -0.1) is 0 Å². The van der Waals surface area contributed by atoms with E-state index in [9.17, 15) is 0 Å². The molecule has 4 nitrogen and oxygen atoms in total. The van der Waals surface area contributed by atoms with E-state index in [1.54, 1.807) is 7.11 Å². The molecule has 0 spiro atoms. The lowest BCUT2D eigenvalue weighted by atomic mass is 10.1. The summed E-state index contributed by atoms with van der Waals surface area (Å²) in [4.78, 5) is 2.37. The molecule has 124 valence electrons. The van der Waals surface area contributed by atoms with Gasteiger partial charge in [-0.2, -0.15) is 10.2 Å². The van der Waals surface area contributed by atoms with Gasteiger partial charge in [-0.1, -0.05) is 24.3 Å². The van der Waals surface area contributed by atoms with Gasteiger partial charge in [0.05, 0.1) is 18.5 Å². The molecule has 1 aliphatic heterocycles. The lowest BCUT2D eigenvalue weighted by Crippen LogP contribution is -2.13. The summed E-state index contributed by atoms with van der Waals surface area (Å²) in [7, 11) is 1.65. The van der Waals surface area contributed by atoms with Crippen molar-refractivity contribution < 1.29 is 4.74 Å². The van der Waals surface area contributed by atoms with E-state index in [0.29, 0.717) is 0 Å². The Bertz CT molecular complexity index is 861. The van der Waals surface area contributed by atoms with E-state index >= 15 is 0 Å². The first-order valence-corrected chi connectivity index (χ1v) is 8.29. The van der Waals surface area contributed by atoms with E-state index in [1.807, 2.05) is 36.4 Å². The van der Waals surface area contributed by atoms with Crippen LogP contribution < -0.4 is 9.64 Å². The summed E-state index contributed by atoms with van der Waals surface area (Å²) < 4.78 is 5.14. The summed E-state index contributed by atoms with van der Waals surface area (Å²) in [5.74, 6) is 0.815.